The van der Waals surface area contributed by atoms with E-state index in [1.54, 1.807) is 18.2 Å². The Hall–Kier alpha value is -2.63. The maximum absolute atomic E-state index is 12.4. The Morgan fingerprint density at radius 3 is 2.40 bits per heavy atom. The van der Waals surface area contributed by atoms with E-state index < -0.39 is 6.61 Å². The van der Waals surface area contributed by atoms with Crippen molar-refractivity contribution >= 4 is 5.91 Å². The second-order valence-corrected chi connectivity index (χ2v) is 5.78. The first-order valence-electron chi connectivity index (χ1n) is 7.98. The monoisotopic (exact) mass is 349 g/mol. The zero-order valence-corrected chi connectivity index (χ0v) is 14.2. The summed E-state index contributed by atoms with van der Waals surface area (Å²) < 4.78 is 34.6. The van der Waals surface area contributed by atoms with E-state index in [4.69, 9.17) is 4.74 Å². The van der Waals surface area contributed by atoms with Gasteiger partial charge in [0, 0.05) is 12.1 Å². The molecular formula is C19H21F2NO3. The number of amides is 1. The van der Waals surface area contributed by atoms with Crippen molar-refractivity contribution in [3.8, 4) is 11.5 Å². The van der Waals surface area contributed by atoms with E-state index in [1.807, 2.05) is 24.3 Å². The molecule has 0 spiro atoms. The van der Waals surface area contributed by atoms with Gasteiger partial charge in [0.1, 0.15) is 11.5 Å². The van der Waals surface area contributed by atoms with Crippen molar-refractivity contribution in [2.75, 3.05) is 6.61 Å². The number of nitrogens with one attached hydrogen (secondary N) is 1. The summed E-state index contributed by atoms with van der Waals surface area (Å²) in [6, 6.07) is 13.9. The van der Waals surface area contributed by atoms with E-state index in [9.17, 15) is 13.6 Å². The molecule has 1 N–H and O–H groups in total. The molecule has 2 aromatic rings. The molecule has 25 heavy (non-hydrogen) atoms. The van der Waals surface area contributed by atoms with Crippen LogP contribution in [0.25, 0.3) is 0 Å². The summed E-state index contributed by atoms with van der Waals surface area (Å²) in [5.74, 6) is 0.719. The third kappa shape index (κ3) is 6.06. The van der Waals surface area contributed by atoms with Crippen LogP contribution < -0.4 is 14.8 Å². The van der Waals surface area contributed by atoms with Crippen molar-refractivity contribution in [1.29, 1.82) is 0 Å². The van der Waals surface area contributed by atoms with Crippen molar-refractivity contribution in [3.05, 3.63) is 59.7 Å². The van der Waals surface area contributed by atoms with Gasteiger partial charge in [0.15, 0.2) is 6.61 Å². The predicted octanol–water partition coefficient (Wildman–Crippen LogP) is 4.11. The van der Waals surface area contributed by atoms with Gasteiger partial charge >= 0.3 is 6.61 Å². The summed E-state index contributed by atoms with van der Waals surface area (Å²) in [5, 5.41) is 2.62. The van der Waals surface area contributed by atoms with Crippen LogP contribution >= 0.6 is 0 Å². The lowest BCUT2D eigenvalue weighted by Crippen LogP contribution is -2.28. The molecule has 0 bridgehead atoms. The van der Waals surface area contributed by atoms with Gasteiger partial charge in [-0.15, -0.1) is 0 Å². The molecule has 0 saturated carbocycles. The number of alkyl halides is 2. The van der Waals surface area contributed by atoms with Gasteiger partial charge in [-0.2, -0.15) is 8.78 Å². The quantitative estimate of drug-likeness (QED) is 0.780. The van der Waals surface area contributed by atoms with Gasteiger partial charge in [0.05, 0.1) is 0 Å². The van der Waals surface area contributed by atoms with Gasteiger partial charge in [-0.3, -0.25) is 4.79 Å². The molecule has 2 aromatic carbocycles. The fraction of sp³-hybridized carbons (Fsp3) is 0.316. The maximum atomic E-state index is 12.4. The molecule has 0 aliphatic carbocycles. The fourth-order valence-electron chi connectivity index (χ4n) is 2.20. The van der Waals surface area contributed by atoms with Crippen LogP contribution in [0.2, 0.25) is 0 Å². The molecule has 1 amide bonds. The number of para-hydroxylation sites is 1. The van der Waals surface area contributed by atoms with Crippen LogP contribution in [0.15, 0.2) is 48.5 Å². The van der Waals surface area contributed by atoms with Gasteiger partial charge in [0.25, 0.3) is 5.91 Å². The van der Waals surface area contributed by atoms with Crippen LogP contribution in [0.3, 0.4) is 0 Å². The highest BCUT2D eigenvalue weighted by molar-refractivity contribution is 5.77. The molecule has 0 heterocycles. The topological polar surface area (TPSA) is 47.6 Å². The second kappa shape index (κ2) is 9.01. The van der Waals surface area contributed by atoms with Crippen LogP contribution in [-0.2, 0) is 11.3 Å². The molecule has 2 rings (SSSR count). The van der Waals surface area contributed by atoms with Crippen LogP contribution in [-0.4, -0.2) is 19.1 Å². The first-order valence-corrected chi connectivity index (χ1v) is 7.98. The SMILES string of the molecule is CC(C)c1ccc(OCC(=O)NCc2ccccc2OC(F)F)cc1. The van der Waals surface area contributed by atoms with Crippen molar-refractivity contribution in [2.45, 2.75) is 32.9 Å². The van der Waals surface area contributed by atoms with Crippen LogP contribution in [0.1, 0.15) is 30.9 Å². The Morgan fingerprint density at radius 2 is 1.76 bits per heavy atom. The van der Waals surface area contributed by atoms with E-state index in [-0.39, 0.29) is 24.8 Å². The number of hydrogen-bond acceptors (Lipinski definition) is 3. The minimum absolute atomic E-state index is 0.0444. The number of rotatable bonds is 8. The number of ether oxygens (including phenoxy) is 2. The van der Waals surface area contributed by atoms with Gasteiger partial charge in [-0.05, 0) is 29.7 Å². The molecule has 0 aliphatic heterocycles. The predicted molar refractivity (Wildman–Crippen MR) is 90.9 cm³/mol. The normalized spacial score (nSPS) is 10.8. The lowest BCUT2D eigenvalue weighted by Gasteiger charge is -2.12. The first kappa shape index (κ1) is 18.7. The zero-order chi connectivity index (χ0) is 18.2. The Morgan fingerprint density at radius 1 is 1.08 bits per heavy atom. The number of hydrogen-bond donors (Lipinski definition) is 1. The lowest BCUT2D eigenvalue weighted by atomic mass is 10.0. The Balaban J connectivity index is 1.83. The molecule has 0 saturated heterocycles. The van der Waals surface area contributed by atoms with E-state index in [0.29, 0.717) is 17.2 Å². The third-order valence-electron chi connectivity index (χ3n) is 3.58. The summed E-state index contributed by atoms with van der Waals surface area (Å²) in [6.07, 6.45) is 0. The molecule has 0 atom stereocenters. The van der Waals surface area contributed by atoms with E-state index in [2.05, 4.69) is 23.9 Å². The highest BCUT2D eigenvalue weighted by Gasteiger charge is 2.10. The first-order chi connectivity index (χ1) is 12.0. The number of carbonyl (C=O) groups is 1. The highest BCUT2D eigenvalue weighted by Crippen LogP contribution is 2.20. The summed E-state index contributed by atoms with van der Waals surface area (Å²) >= 11 is 0. The number of benzene rings is 2. The summed E-state index contributed by atoms with van der Waals surface area (Å²) in [6.45, 7) is 1.21. The molecular weight excluding hydrogens is 328 g/mol. The molecule has 0 radical (unpaired) electrons. The molecule has 0 fully saturated rings. The van der Waals surface area contributed by atoms with Crippen LogP contribution in [0, 0.1) is 0 Å². The van der Waals surface area contributed by atoms with E-state index in [1.165, 1.54) is 11.6 Å². The maximum Gasteiger partial charge on any atom is 0.387 e. The summed E-state index contributed by atoms with van der Waals surface area (Å²) in [7, 11) is 0. The number of halogens is 2. The van der Waals surface area contributed by atoms with Gasteiger partial charge in [-0.25, -0.2) is 0 Å². The average Bonchev–Trinajstić information content (AvgIpc) is 2.59. The standard InChI is InChI=1S/C19H21F2NO3/c1-13(2)14-7-9-16(10-8-14)24-12-18(23)22-11-15-5-3-4-6-17(15)25-19(20)21/h3-10,13,19H,11-12H2,1-2H3,(H,22,23). The molecule has 0 aliphatic rings. The smallest absolute Gasteiger partial charge is 0.387 e. The third-order valence-corrected chi connectivity index (χ3v) is 3.58. The Labute approximate surface area is 145 Å². The van der Waals surface area contributed by atoms with E-state index in [0.717, 1.165) is 0 Å². The van der Waals surface area contributed by atoms with Crippen LogP contribution in [0.4, 0.5) is 8.78 Å². The summed E-state index contributed by atoms with van der Waals surface area (Å²) in [4.78, 5) is 11.9. The Kier molecular flexibility index (Phi) is 6.74. The Bertz CT molecular complexity index is 687. The van der Waals surface area contributed by atoms with Crippen molar-refractivity contribution in [3.63, 3.8) is 0 Å². The second-order valence-electron chi connectivity index (χ2n) is 5.78. The van der Waals surface area contributed by atoms with E-state index >= 15 is 0 Å². The van der Waals surface area contributed by atoms with Gasteiger partial charge in [-0.1, -0.05) is 44.2 Å². The largest absolute Gasteiger partial charge is 0.484 e. The average molecular weight is 349 g/mol. The number of carbonyl (C=O) groups excluding carboxylic acids is 1. The highest BCUT2D eigenvalue weighted by atomic mass is 19.3. The summed E-state index contributed by atoms with van der Waals surface area (Å²) in [5.41, 5.74) is 1.66. The molecule has 0 unspecified atom stereocenters. The lowest BCUT2D eigenvalue weighted by molar-refractivity contribution is -0.123. The molecule has 6 heteroatoms. The zero-order valence-electron chi connectivity index (χ0n) is 14.2. The molecule has 0 aromatic heterocycles. The van der Waals surface area contributed by atoms with Crippen LogP contribution in [0.5, 0.6) is 11.5 Å². The van der Waals surface area contributed by atoms with Gasteiger partial charge < -0.3 is 14.8 Å². The van der Waals surface area contributed by atoms with Gasteiger partial charge in [0.2, 0.25) is 0 Å². The van der Waals surface area contributed by atoms with Crippen molar-refractivity contribution in [1.82, 2.24) is 5.32 Å². The van der Waals surface area contributed by atoms with Crippen molar-refractivity contribution < 1.29 is 23.0 Å². The minimum Gasteiger partial charge on any atom is -0.484 e. The minimum atomic E-state index is -2.91. The van der Waals surface area contributed by atoms with Crippen molar-refractivity contribution in [2.24, 2.45) is 0 Å². The molecule has 4 nitrogen and oxygen atoms in total. The molecule has 134 valence electrons. The fourth-order valence-corrected chi connectivity index (χ4v) is 2.20.